The number of hydrogen-bond acceptors (Lipinski definition) is 4. The predicted octanol–water partition coefficient (Wildman–Crippen LogP) is 1.99. The van der Waals surface area contributed by atoms with E-state index >= 15 is 0 Å². The first-order valence-corrected chi connectivity index (χ1v) is 7.32. The third-order valence-corrected chi connectivity index (χ3v) is 3.57. The van der Waals surface area contributed by atoms with E-state index in [9.17, 15) is 9.59 Å². The van der Waals surface area contributed by atoms with Crippen molar-refractivity contribution in [1.29, 1.82) is 5.26 Å². The van der Waals surface area contributed by atoms with E-state index in [1.54, 1.807) is 30.0 Å². The third kappa shape index (κ3) is 3.37. The maximum Gasteiger partial charge on any atom is 0.419 e. The molecular formula is C16H19N3O3. The van der Waals surface area contributed by atoms with Crippen molar-refractivity contribution in [2.75, 3.05) is 13.1 Å². The Labute approximate surface area is 128 Å². The SMILES string of the molecule is CCN(C[C@@H](C)C#N)C(=O)CCn1c(=O)oc2ccccc21. The number of amides is 1. The van der Waals surface area contributed by atoms with Gasteiger partial charge < -0.3 is 9.32 Å². The zero-order valence-electron chi connectivity index (χ0n) is 12.8. The summed E-state index contributed by atoms with van der Waals surface area (Å²) in [6.45, 7) is 4.89. The van der Waals surface area contributed by atoms with E-state index in [2.05, 4.69) is 6.07 Å². The lowest BCUT2D eigenvalue weighted by atomic mass is 10.2. The molecule has 0 saturated carbocycles. The van der Waals surface area contributed by atoms with Crippen LogP contribution in [0, 0.1) is 17.2 Å². The van der Waals surface area contributed by atoms with Crippen LogP contribution in [0.4, 0.5) is 0 Å². The smallest absolute Gasteiger partial charge is 0.408 e. The topological polar surface area (TPSA) is 79.2 Å². The van der Waals surface area contributed by atoms with Gasteiger partial charge in [-0.05, 0) is 26.0 Å². The number of nitrogens with zero attached hydrogens (tertiary/aromatic N) is 3. The molecule has 0 unspecified atom stereocenters. The van der Waals surface area contributed by atoms with Crippen LogP contribution in [0.5, 0.6) is 0 Å². The van der Waals surface area contributed by atoms with Crippen molar-refractivity contribution in [3.63, 3.8) is 0 Å². The summed E-state index contributed by atoms with van der Waals surface area (Å²) < 4.78 is 6.61. The minimum atomic E-state index is -0.456. The van der Waals surface area contributed by atoms with Gasteiger partial charge in [-0.3, -0.25) is 9.36 Å². The fraction of sp³-hybridized carbons (Fsp3) is 0.438. The molecule has 0 N–H and O–H groups in total. The van der Waals surface area contributed by atoms with Crippen molar-refractivity contribution in [3.05, 3.63) is 34.8 Å². The Morgan fingerprint density at radius 2 is 2.18 bits per heavy atom. The first-order chi connectivity index (χ1) is 10.6. The van der Waals surface area contributed by atoms with E-state index in [4.69, 9.17) is 9.68 Å². The van der Waals surface area contributed by atoms with E-state index in [1.807, 2.05) is 13.0 Å². The van der Waals surface area contributed by atoms with Gasteiger partial charge in [-0.15, -0.1) is 0 Å². The molecule has 0 aliphatic rings. The minimum absolute atomic E-state index is 0.0678. The fourth-order valence-electron chi connectivity index (χ4n) is 2.37. The number of nitriles is 1. The van der Waals surface area contributed by atoms with Gasteiger partial charge in [-0.1, -0.05) is 12.1 Å². The van der Waals surface area contributed by atoms with E-state index in [1.165, 1.54) is 4.57 Å². The van der Waals surface area contributed by atoms with Crippen LogP contribution < -0.4 is 5.76 Å². The Hall–Kier alpha value is -2.55. The average molecular weight is 301 g/mol. The summed E-state index contributed by atoms with van der Waals surface area (Å²) >= 11 is 0. The Morgan fingerprint density at radius 1 is 1.45 bits per heavy atom. The Morgan fingerprint density at radius 3 is 2.86 bits per heavy atom. The third-order valence-electron chi connectivity index (χ3n) is 3.57. The maximum atomic E-state index is 12.2. The lowest BCUT2D eigenvalue weighted by Gasteiger charge is -2.21. The van der Waals surface area contributed by atoms with Gasteiger partial charge in [0.05, 0.1) is 17.5 Å². The molecule has 1 amide bonds. The Balaban J connectivity index is 2.08. The van der Waals surface area contributed by atoms with E-state index in [0.717, 1.165) is 0 Å². The van der Waals surface area contributed by atoms with Gasteiger partial charge in [-0.25, -0.2) is 4.79 Å². The summed E-state index contributed by atoms with van der Waals surface area (Å²) in [5.41, 5.74) is 1.21. The quantitative estimate of drug-likeness (QED) is 0.817. The molecule has 116 valence electrons. The summed E-state index contributed by atoms with van der Waals surface area (Å²) in [6, 6.07) is 9.26. The van der Waals surface area contributed by atoms with Crippen molar-refractivity contribution >= 4 is 17.0 Å². The van der Waals surface area contributed by atoms with Crippen LogP contribution in [0.1, 0.15) is 20.3 Å². The van der Waals surface area contributed by atoms with Gasteiger partial charge in [0.1, 0.15) is 0 Å². The van der Waals surface area contributed by atoms with Crippen molar-refractivity contribution in [2.45, 2.75) is 26.8 Å². The van der Waals surface area contributed by atoms with Crippen molar-refractivity contribution in [2.24, 2.45) is 5.92 Å². The summed E-state index contributed by atoms with van der Waals surface area (Å²) in [6.07, 6.45) is 0.204. The van der Waals surface area contributed by atoms with Gasteiger partial charge in [0.15, 0.2) is 5.58 Å². The second-order valence-corrected chi connectivity index (χ2v) is 5.20. The second kappa shape index (κ2) is 6.94. The van der Waals surface area contributed by atoms with Crippen molar-refractivity contribution in [1.82, 2.24) is 9.47 Å². The molecule has 0 saturated heterocycles. The number of aromatic nitrogens is 1. The largest absolute Gasteiger partial charge is 0.419 e. The number of fused-ring (bicyclic) bond motifs is 1. The first-order valence-electron chi connectivity index (χ1n) is 7.32. The average Bonchev–Trinajstić information content (AvgIpc) is 2.85. The minimum Gasteiger partial charge on any atom is -0.408 e. The van der Waals surface area contributed by atoms with Crippen molar-refractivity contribution < 1.29 is 9.21 Å². The standard InChI is InChI=1S/C16H19N3O3/c1-3-18(11-12(2)10-17)15(20)8-9-19-13-6-4-5-7-14(13)22-16(19)21/h4-7,12H,3,8-9,11H2,1-2H3/t12-/m0/s1. The fourth-order valence-corrected chi connectivity index (χ4v) is 2.37. The molecule has 0 spiro atoms. The summed E-state index contributed by atoms with van der Waals surface area (Å²) in [4.78, 5) is 25.7. The molecule has 1 heterocycles. The number of para-hydroxylation sites is 2. The van der Waals surface area contributed by atoms with Crippen LogP contribution in [0.25, 0.3) is 11.1 Å². The lowest BCUT2D eigenvalue weighted by molar-refractivity contribution is -0.131. The van der Waals surface area contributed by atoms with Crippen molar-refractivity contribution in [3.8, 4) is 6.07 Å². The first kappa shape index (κ1) is 15.8. The van der Waals surface area contributed by atoms with Crippen LogP contribution >= 0.6 is 0 Å². The molecule has 0 aliphatic carbocycles. The molecule has 2 aromatic rings. The molecule has 1 aromatic heterocycles. The molecule has 0 aliphatic heterocycles. The summed E-state index contributed by atoms with van der Waals surface area (Å²) in [5, 5.41) is 8.85. The summed E-state index contributed by atoms with van der Waals surface area (Å²) in [7, 11) is 0. The Kier molecular flexibility index (Phi) is 4.99. The van der Waals surface area contributed by atoms with Gasteiger partial charge in [-0.2, -0.15) is 5.26 Å². The zero-order chi connectivity index (χ0) is 16.1. The van der Waals surface area contributed by atoms with E-state index in [0.29, 0.717) is 24.2 Å². The predicted molar refractivity (Wildman–Crippen MR) is 82.1 cm³/mol. The monoisotopic (exact) mass is 301 g/mol. The number of oxazole rings is 1. The van der Waals surface area contributed by atoms with Crippen LogP contribution in [0.15, 0.2) is 33.5 Å². The van der Waals surface area contributed by atoms with Crippen LogP contribution in [0.3, 0.4) is 0 Å². The highest BCUT2D eigenvalue weighted by Gasteiger charge is 2.16. The van der Waals surface area contributed by atoms with E-state index < -0.39 is 5.76 Å². The summed E-state index contributed by atoms with van der Waals surface area (Å²) in [5.74, 6) is -0.731. The normalized spacial score (nSPS) is 12.0. The molecule has 1 atom stereocenters. The highest BCUT2D eigenvalue weighted by molar-refractivity contribution is 5.77. The number of carbonyl (C=O) groups is 1. The molecule has 0 fully saturated rings. The van der Waals surface area contributed by atoms with Crippen LogP contribution in [0.2, 0.25) is 0 Å². The lowest BCUT2D eigenvalue weighted by Crippen LogP contribution is -2.35. The van der Waals surface area contributed by atoms with E-state index in [-0.39, 0.29) is 24.8 Å². The number of hydrogen-bond donors (Lipinski definition) is 0. The maximum absolute atomic E-state index is 12.2. The highest BCUT2D eigenvalue weighted by atomic mass is 16.4. The number of rotatable bonds is 6. The molecular weight excluding hydrogens is 282 g/mol. The molecule has 6 heteroatoms. The number of carbonyl (C=O) groups excluding carboxylic acids is 1. The number of benzene rings is 1. The molecule has 6 nitrogen and oxygen atoms in total. The molecule has 0 bridgehead atoms. The second-order valence-electron chi connectivity index (χ2n) is 5.20. The molecule has 22 heavy (non-hydrogen) atoms. The molecule has 0 radical (unpaired) electrons. The van der Waals surface area contributed by atoms with Crippen LogP contribution in [-0.2, 0) is 11.3 Å². The number of aryl methyl sites for hydroxylation is 1. The van der Waals surface area contributed by atoms with Gasteiger partial charge >= 0.3 is 5.76 Å². The molecule has 1 aromatic carbocycles. The van der Waals surface area contributed by atoms with Crippen LogP contribution in [-0.4, -0.2) is 28.5 Å². The van der Waals surface area contributed by atoms with Gasteiger partial charge in [0.2, 0.25) is 5.91 Å². The van der Waals surface area contributed by atoms with Gasteiger partial charge in [0.25, 0.3) is 0 Å². The molecule has 2 rings (SSSR count). The van der Waals surface area contributed by atoms with Gasteiger partial charge in [0, 0.05) is 26.1 Å². The zero-order valence-corrected chi connectivity index (χ0v) is 12.8. The highest BCUT2D eigenvalue weighted by Crippen LogP contribution is 2.12. The Bertz CT molecular complexity index is 754.